The number of aromatic nitrogens is 2. The highest BCUT2D eigenvalue weighted by Crippen LogP contribution is 2.21. The maximum absolute atomic E-state index is 13.8. The van der Waals surface area contributed by atoms with E-state index in [4.69, 9.17) is 11.6 Å². The van der Waals surface area contributed by atoms with E-state index in [1.165, 1.54) is 12.1 Å². The van der Waals surface area contributed by atoms with Crippen molar-refractivity contribution in [1.29, 1.82) is 0 Å². The van der Waals surface area contributed by atoms with Crippen LogP contribution in [0, 0.1) is 18.6 Å². The number of hydrogen-bond donors (Lipinski definition) is 2. The molecule has 2 N–H and O–H groups in total. The van der Waals surface area contributed by atoms with E-state index in [9.17, 15) is 8.78 Å². The van der Waals surface area contributed by atoms with E-state index in [1.54, 1.807) is 19.1 Å². The fraction of sp³-hybridized carbons (Fsp3) is 0.111. The van der Waals surface area contributed by atoms with Crippen molar-refractivity contribution in [2.75, 3.05) is 10.6 Å². The highest BCUT2D eigenvalue weighted by molar-refractivity contribution is 6.31. The molecule has 128 valence electrons. The summed E-state index contributed by atoms with van der Waals surface area (Å²) >= 11 is 6.13. The molecular weight excluding hydrogens is 346 g/mol. The molecule has 0 saturated heterocycles. The monoisotopic (exact) mass is 360 g/mol. The van der Waals surface area contributed by atoms with Crippen LogP contribution in [0.4, 0.5) is 26.2 Å². The minimum absolute atomic E-state index is 0.136. The molecule has 0 aliphatic rings. The normalized spacial score (nSPS) is 10.6. The predicted molar refractivity (Wildman–Crippen MR) is 95.2 cm³/mol. The standard InChI is InChI=1S/C18H15ClF2N4/c1-11-8-17(24-16-7-6-13(20)9-15(16)21)25-18(23-11)22-10-12-4-2-3-5-14(12)19/h2-9H,10H2,1H3,(H2,22,23,24,25). The van der Waals surface area contributed by atoms with E-state index in [1.807, 2.05) is 18.2 Å². The zero-order chi connectivity index (χ0) is 17.8. The lowest BCUT2D eigenvalue weighted by molar-refractivity contribution is 0.586. The van der Waals surface area contributed by atoms with Crippen molar-refractivity contribution in [1.82, 2.24) is 9.97 Å². The summed E-state index contributed by atoms with van der Waals surface area (Å²) in [6.45, 7) is 2.25. The molecule has 7 heteroatoms. The Balaban J connectivity index is 1.77. The van der Waals surface area contributed by atoms with Crippen LogP contribution < -0.4 is 10.6 Å². The van der Waals surface area contributed by atoms with Gasteiger partial charge in [0.2, 0.25) is 5.95 Å². The first-order valence-corrected chi connectivity index (χ1v) is 7.94. The molecule has 0 spiro atoms. The summed E-state index contributed by atoms with van der Waals surface area (Å²) in [6.07, 6.45) is 0. The molecule has 3 aromatic rings. The van der Waals surface area contributed by atoms with Gasteiger partial charge in [-0.1, -0.05) is 29.8 Å². The van der Waals surface area contributed by atoms with Gasteiger partial charge in [0.05, 0.1) is 5.69 Å². The van der Waals surface area contributed by atoms with Crippen LogP contribution >= 0.6 is 11.6 Å². The number of aryl methyl sites for hydroxylation is 1. The smallest absolute Gasteiger partial charge is 0.225 e. The summed E-state index contributed by atoms with van der Waals surface area (Å²) in [7, 11) is 0. The van der Waals surface area contributed by atoms with Gasteiger partial charge in [0.1, 0.15) is 17.5 Å². The molecule has 0 unspecified atom stereocenters. The summed E-state index contributed by atoms with van der Waals surface area (Å²) in [6, 6.07) is 12.4. The van der Waals surface area contributed by atoms with Crippen molar-refractivity contribution in [3.8, 4) is 0 Å². The van der Waals surface area contributed by atoms with Gasteiger partial charge in [-0.2, -0.15) is 4.98 Å². The van der Waals surface area contributed by atoms with E-state index in [2.05, 4.69) is 20.6 Å². The fourth-order valence-electron chi connectivity index (χ4n) is 2.26. The van der Waals surface area contributed by atoms with E-state index >= 15 is 0 Å². The topological polar surface area (TPSA) is 49.8 Å². The Hall–Kier alpha value is -2.73. The average molecular weight is 361 g/mol. The van der Waals surface area contributed by atoms with Crippen molar-refractivity contribution in [3.05, 3.63) is 76.4 Å². The van der Waals surface area contributed by atoms with Crippen molar-refractivity contribution in [3.63, 3.8) is 0 Å². The average Bonchev–Trinajstić information content (AvgIpc) is 2.56. The lowest BCUT2D eigenvalue weighted by Gasteiger charge is -2.11. The summed E-state index contributed by atoms with van der Waals surface area (Å²) in [5.41, 5.74) is 1.74. The Morgan fingerprint density at radius 1 is 1.04 bits per heavy atom. The van der Waals surface area contributed by atoms with E-state index in [-0.39, 0.29) is 5.69 Å². The van der Waals surface area contributed by atoms with Gasteiger partial charge in [0.25, 0.3) is 0 Å². The second kappa shape index (κ2) is 7.44. The van der Waals surface area contributed by atoms with Gasteiger partial charge >= 0.3 is 0 Å². The van der Waals surface area contributed by atoms with Crippen LogP contribution in [0.2, 0.25) is 5.02 Å². The van der Waals surface area contributed by atoms with Crippen molar-refractivity contribution < 1.29 is 8.78 Å². The van der Waals surface area contributed by atoms with Crippen molar-refractivity contribution >= 4 is 29.1 Å². The summed E-state index contributed by atoms with van der Waals surface area (Å²) in [5, 5.41) is 6.57. The molecule has 0 atom stereocenters. The molecule has 1 aromatic heterocycles. The van der Waals surface area contributed by atoms with Crippen LogP contribution in [0.25, 0.3) is 0 Å². The highest BCUT2D eigenvalue weighted by Gasteiger charge is 2.08. The van der Waals surface area contributed by atoms with Crippen molar-refractivity contribution in [2.24, 2.45) is 0 Å². The molecular formula is C18H15ClF2N4. The quantitative estimate of drug-likeness (QED) is 0.666. The number of benzene rings is 2. The van der Waals surface area contributed by atoms with Crippen molar-refractivity contribution in [2.45, 2.75) is 13.5 Å². The molecule has 3 rings (SSSR count). The second-order valence-corrected chi connectivity index (χ2v) is 5.82. The molecule has 2 aromatic carbocycles. The third-order valence-corrected chi connectivity index (χ3v) is 3.81. The first-order chi connectivity index (χ1) is 12.0. The Bertz CT molecular complexity index is 902. The number of rotatable bonds is 5. The van der Waals surface area contributed by atoms with Gasteiger partial charge in [0, 0.05) is 29.4 Å². The van der Waals surface area contributed by atoms with Gasteiger partial charge in [-0.25, -0.2) is 13.8 Å². The molecule has 0 aliphatic carbocycles. The number of nitrogens with zero attached hydrogens (tertiary/aromatic N) is 2. The lowest BCUT2D eigenvalue weighted by Crippen LogP contribution is -2.07. The molecule has 0 radical (unpaired) electrons. The predicted octanol–water partition coefficient (Wildman–Crippen LogP) is 5.07. The Morgan fingerprint density at radius 2 is 1.84 bits per heavy atom. The maximum Gasteiger partial charge on any atom is 0.225 e. The molecule has 0 saturated carbocycles. The highest BCUT2D eigenvalue weighted by atomic mass is 35.5. The second-order valence-electron chi connectivity index (χ2n) is 5.41. The van der Waals surface area contributed by atoms with E-state index in [0.717, 1.165) is 11.6 Å². The van der Waals surface area contributed by atoms with Crippen LogP contribution in [0.5, 0.6) is 0 Å². The minimum atomic E-state index is -0.693. The Kier molecular flexibility index (Phi) is 5.09. The number of halogens is 3. The zero-order valence-electron chi connectivity index (χ0n) is 13.4. The largest absolute Gasteiger partial charge is 0.350 e. The van der Waals surface area contributed by atoms with Crippen LogP contribution in [-0.4, -0.2) is 9.97 Å². The maximum atomic E-state index is 13.8. The summed E-state index contributed by atoms with van der Waals surface area (Å²) in [4.78, 5) is 8.60. The molecule has 25 heavy (non-hydrogen) atoms. The third-order valence-electron chi connectivity index (χ3n) is 3.44. The number of hydrogen-bond acceptors (Lipinski definition) is 4. The van der Waals surface area contributed by atoms with Gasteiger partial charge in [0.15, 0.2) is 0 Å². The van der Waals surface area contributed by atoms with Gasteiger partial charge in [-0.3, -0.25) is 0 Å². The summed E-state index contributed by atoms with van der Waals surface area (Å²) < 4.78 is 26.8. The molecule has 0 amide bonds. The van der Waals surface area contributed by atoms with Gasteiger partial charge < -0.3 is 10.6 Å². The zero-order valence-corrected chi connectivity index (χ0v) is 14.1. The van der Waals surface area contributed by atoms with E-state index in [0.29, 0.717) is 29.0 Å². The first kappa shape index (κ1) is 17.1. The summed E-state index contributed by atoms with van der Waals surface area (Å²) in [5.74, 6) is -0.546. The van der Waals surface area contributed by atoms with Crippen LogP contribution in [0.1, 0.15) is 11.3 Å². The Labute approximate surface area is 148 Å². The molecule has 4 nitrogen and oxygen atoms in total. The Morgan fingerprint density at radius 3 is 2.60 bits per heavy atom. The lowest BCUT2D eigenvalue weighted by atomic mass is 10.2. The molecule has 0 aliphatic heterocycles. The van der Waals surface area contributed by atoms with E-state index < -0.39 is 11.6 Å². The molecule has 0 bridgehead atoms. The van der Waals surface area contributed by atoms with Crippen LogP contribution in [-0.2, 0) is 6.54 Å². The number of anilines is 3. The molecule has 0 fully saturated rings. The van der Waals surface area contributed by atoms with Crippen LogP contribution in [0.15, 0.2) is 48.5 Å². The van der Waals surface area contributed by atoms with Gasteiger partial charge in [-0.15, -0.1) is 0 Å². The van der Waals surface area contributed by atoms with Gasteiger partial charge in [-0.05, 0) is 30.7 Å². The third kappa shape index (κ3) is 4.42. The first-order valence-electron chi connectivity index (χ1n) is 7.56. The number of nitrogens with one attached hydrogen (secondary N) is 2. The minimum Gasteiger partial charge on any atom is -0.350 e. The fourth-order valence-corrected chi connectivity index (χ4v) is 2.46. The molecule has 1 heterocycles. The SMILES string of the molecule is Cc1cc(Nc2ccc(F)cc2F)nc(NCc2ccccc2Cl)n1. The van der Waals surface area contributed by atoms with Crippen LogP contribution in [0.3, 0.4) is 0 Å².